The molecule has 0 radical (unpaired) electrons. The van der Waals surface area contributed by atoms with Crippen LogP contribution in [0.2, 0.25) is 0 Å². The van der Waals surface area contributed by atoms with Gasteiger partial charge in [0.1, 0.15) is 0 Å². The van der Waals surface area contributed by atoms with E-state index in [4.69, 9.17) is 0 Å². The van der Waals surface area contributed by atoms with Crippen molar-refractivity contribution in [1.82, 2.24) is 0 Å². The molecule has 0 saturated carbocycles. The van der Waals surface area contributed by atoms with Crippen LogP contribution in [0, 0.1) is 0 Å². The molecule has 0 heterocycles. The molecule has 4 rings (SSSR count). The minimum absolute atomic E-state index is 0.0856. The Morgan fingerprint density at radius 1 is 0.625 bits per heavy atom. The molecule has 24 heavy (non-hydrogen) atoms. The molecule has 0 atom stereocenters. The minimum atomic E-state index is 0.0856. The highest BCUT2D eigenvalue weighted by Crippen LogP contribution is 2.49. The lowest BCUT2D eigenvalue weighted by atomic mass is 9.83. The summed E-state index contributed by atoms with van der Waals surface area (Å²) in [6.45, 7) is 6.77. The Balaban J connectivity index is 2.41. The van der Waals surface area contributed by atoms with Gasteiger partial charge in [0.05, 0.1) is 0 Å². The molecular weight excluding hydrogens is 560 g/mol. The van der Waals surface area contributed by atoms with Crippen LogP contribution in [-0.2, 0) is 5.41 Å². The number of rotatable bonds is 0. The van der Waals surface area contributed by atoms with Gasteiger partial charge in [0, 0.05) is 17.9 Å². The molecule has 4 aromatic carbocycles. The lowest BCUT2D eigenvalue weighted by Crippen LogP contribution is -2.11. The van der Waals surface area contributed by atoms with E-state index in [2.05, 4.69) is 115 Å². The van der Waals surface area contributed by atoms with Crippen LogP contribution < -0.4 is 0 Å². The number of halogens is 4. The van der Waals surface area contributed by atoms with Crippen LogP contribution in [0.5, 0.6) is 0 Å². The molecule has 0 aromatic heterocycles. The number of benzene rings is 4. The highest BCUT2D eigenvalue weighted by atomic mass is 79.9. The Labute approximate surface area is 174 Å². The van der Waals surface area contributed by atoms with Gasteiger partial charge in [0.2, 0.25) is 0 Å². The predicted molar refractivity (Wildman–Crippen MR) is 120 cm³/mol. The first-order chi connectivity index (χ1) is 11.2. The van der Waals surface area contributed by atoms with E-state index in [-0.39, 0.29) is 5.41 Å². The van der Waals surface area contributed by atoms with Gasteiger partial charge in [-0.15, -0.1) is 0 Å². The summed E-state index contributed by atoms with van der Waals surface area (Å²) in [5.41, 5.74) is 1.41. The maximum atomic E-state index is 3.83. The third kappa shape index (κ3) is 2.33. The summed E-state index contributed by atoms with van der Waals surface area (Å²) in [6.07, 6.45) is 0. The Morgan fingerprint density at radius 2 is 1.00 bits per heavy atom. The van der Waals surface area contributed by atoms with Crippen molar-refractivity contribution in [3.05, 3.63) is 53.8 Å². The van der Waals surface area contributed by atoms with Gasteiger partial charge < -0.3 is 0 Å². The molecule has 0 fully saturated rings. The van der Waals surface area contributed by atoms with Gasteiger partial charge in [0.15, 0.2) is 0 Å². The monoisotopic (exact) mass is 570 g/mol. The van der Waals surface area contributed by atoms with Gasteiger partial charge in [-0.05, 0) is 119 Å². The third-order valence-corrected chi connectivity index (χ3v) is 9.01. The molecule has 0 N–H and O–H groups in total. The van der Waals surface area contributed by atoms with Crippen LogP contribution in [-0.4, -0.2) is 0 Å². The number of hydrogen-bond donors (Lipinski definition) is 0. The van der Waals surface area contributed by atoms with Crippen molar-refractivity contribution >= 4 is 96.0 Å². The highest BCUT2D eigenvalue weighted by Gasteiger charge is 2.23. The van der Waals surface area contributed by atoms with E-state index in [1.165, 1.54) is 37.9 Å². The maximum Gasteiger partial charge on any atom is 0.0402 e. The first-order valence-electron chi connectivity index (χ1n) is 7.65. The van der Waals surface area contributed by atoms with Crippen LogP contribution in [0.15, 0.2) is 48.2 Å². The van der Waals surface area contributed by atoms with Gasteiger partial charge in [0.25, 0.3) is 0 Å². The van der Waals surface area contributed by atoms with Crippen molar-refractivity contribution in [1.29, 1.82) is 0 Å². The van der Waals surface area contributed by atoms with Gasteiger partial charge in [-0.2, -0.15) is 0 Å². The molecule has 0 aliphatic rings. The molecule has 122 valence electrons. The molecule has 0 saturated heterocycles. The Kier molecular flexibility index (Phi) is 4.08. The van der Waals surface area contributed by atoms with E-state index in [1.807, 2.05) is 0 Å². The van der Waals surface area contributed by atoms with E-state index in [9.17, 15) is 0 Å². The van der Waals surface area contributed by atoms with Gasteiger partial charge in [-0.25, -0.2) is 0 Å². The van der Waals surface area contributed by atoms with Crippen molar-refractivity contribution in [2.24, 2.45) is 0 Å². The topological polar surface area (TPSA) is 0 Å². The second kappa shape index (κ2) is 5.67. The first-order valence-corrected chi connectivity index (χ1v) is 10.8. The summed E-state index contributed by atoms with van der Waals surface area (Å²) in [5.74, 6) is 0. The fourth-order valence-corrected chi connectivity index (χ4v) is 5.49. The van der Waals surface area contributed by atoms with Crippen molar-refractivity contribution in [3.63, 3.8) is 0 Å². The number of hydrogen-bond acceptors (Lipinski definition) is 0. The molecule has 0 aliphatic heterocycles. The zero-order valence-corrected chi connectivity index (χ0v) is 19.7. The molecular formula is C20H14Br4. The molecule has 0 bridgehead atoms. The smallest absolute Gasteiger partial charge is 0.0402 e. The quantitative estimate of drug-likeness (QED) is 0.184. The summed E-state index contributed by atoms with van der Waals surface area (Å²) >= 11 is 15.3. The SMILES string of the molecule is CC(C)(C)c1cc2c(Br)c(Br)c3cccc4c(Br)c(Br)c(c1)c2c34. The first kappa shape index (κ1) is 17.3. The average Bonchev–Trinajstić information content (AvgIpc) is 2.54. The van der Waals surface area contributed by atoms with Crippen LogP contribution in [0.3, 0.4) is 0 Å². The van der Waals surface area contributed by atoms with E-state index in [0.717, 1.165) is 17.9 Å². The second-order valence-electron chi connectivity index (χ2n) is 7.18. The van der Waals surface area contributed by atoms with E-state index in [0.29, 0.717) is 0 Å². The Bertz CT molecular complexity index is 1040. The molecule has 0 unspecified atom stereocenters. The fourth-order valence-electron chi connectivity index (χ4n) is 3.35. The van der Waals surface area contributed by atoms with Crippen molar-refractivity contribution in [2.45, 2.75) is 26.2 Å². The molecule has 4 heteroatoms. The van der Waals surface area contributed by atoms with Gasteiger partial charge in [-0.1, -0.05) is 39.0 Å². The van der Waals surface area contributed by atoms with Crippen LogP contribution in [0.25, 0.3) is 32.3 Å². The molecule has 0 aliphatic carbocycles. The summed E-state index contributed by atoms with van der Waals surface area (Å²) < 4.78 is 4.46. The molecule has 4 aromatic rings. The largest absolute Gasteiger partial charge is 0.0610 e. The lowest BCUT2D eigenvalue weighted by molar-refractivity contribution is 0.591. The van der Waals surface area contributed by atoms with Crippen LogP contribution in [0.4, 0.5) is 0 Å². The second-order valence-corrected chi connectivity index (χ2v) is 10.4. The molecule has 0 amide bonds. The normalized spacial score (nSPS) is 12.8. The fraction of sp³-hybridized carbons (Fsp3) is 0.200. The maximum absolute atomic E-state index is 3.83. The minimum Gasteiger partial charge on any atom is -0.0610 e. The van der Waals surface area contributed by atoms with Crippen molar-refractivity contribution < 1.29 is 0 Å². The van der Waals surface area contributed by atoms with Gasteiger partial charge in [-0.3, -0.25) is 0 Å². The summed E-state index contributed by atoms with van der Waals surface area (Å²) in [5, 5.41) is 7.57. The predicted octanol–water partition coefficient (Wildman–Crippen LogP) is 8.93. The van der Waals surface area contributed by atoms with E-state index < -0.39 is 0 Å². The van der Waals surface area contributed by atoms with E-state index >= 15 is 0 Å². The van der Waals surface area contributed by atoms with Crippen LogP contribution >= 0.6 is 63.7 Å². The summed E-state index contributed by atoms with van der Waals surface area (Å²) in [6, 6.07) is 11.1. The lowest BCUT2D eigenvalue weighted by Gasteiger charge is -2.23. The summed E-state index contributed by atoms with van der Waals surface area (Å²) in [7, 11) is 0. The highest BCUT2D eigenvalue weighted by molar-refractivity contribution is 9.13. The molecule has 0 spiro atoms. The molecule has 0 nitrogen and oxygen atoms in total. The van der Waals surface area contributed by atoms with Crippen molar-refractivity contribution in [2.75, 3.05) is 0 Å². The van der Waals surface area contributed by atoms with Gasteiger partial charge >= 0.3 is 0 Å². The zero-order valence-electron chi connectivity index (χ0n) is 13.4. The zero-order chi connectivity index (χ0) is 17.4. The Hall–Kier alpha value is -0.160. The van der Waals surface area contributed by atoms with E-state index in [1.54, 1.807) is 0 Å². The summed E-state index contributed by atoms with van der Waals surface area (Å²) in [4.78, 5) is 0. The van der Waals surface area contributed by atoms with Crippen molar-refractivity contribution in [3.8, 4) is 0 Å². The Morgan fingerprint density at radius 3 is 1.42 bits per heavy atom. The average molecular weight is 574 g/mol. The third-order valence-electron chi connectivity index (χ3n) is 4.65. The van der Waals surface area contributed by atoms with Crippen LogP contribution in [0.1, 0.15) is 26.3 Å². The standard InChI is InChI=1S/C20H14Br4/c1-20(2,3)9-7-12-15-13(8-9)19(24)17(22)11-6-4-5-10(14(11)15)16(21)18(12)23/h4-8H,1-3H3.